The molecule has 4 N–H and O–H groups in total. The average Bonchev–Trinajstić information content (AvgIpc) is 2.43. The fraction of sp³-hybridized carbons (Fsp3) is 0.250. The van der Waals surface area contributed by atoms with E-state index in [1.165, 1.54) is 11.1 Å². The number of hydrogen-bond donors (Lipinski definition) is 2. The van der Waals surface area contributed by atoms with Gasteiger partial charge in [0.25, 0.3) is 0 Å². The van der Waals surface area contributed by atoms with Crippen molar-refractivity contribution in [1.82, 2.24) is 0 Å². The fourth-order valence-corrected chi connectivity index (χ4v) is 2.67. The summed E-state index contributed by atoms with van der Waals surface area (Å²) in [7, 11) is 0. The van der Waals surface area contributed by atoms with Crippen LogP contribution in [0.2, 0.25) is 10.0 Å². The van der Waals surface area contributed by atoms with Gasteiger partial charge in [-0.15, -0.1) is 0 Å². The minimum atomic E-state index is 0.382. The first-order valence-corrected chi connectivity index (χ1v) is 7.35. The van der Waals surface area contributed by atoms with Gasteiger partial charge in [0, 0.05) is 0 Å². The van der Waals surface area contributed by atoms with Crippen LogP contribution in [0.4, 0.5) is 11.4 Å². The monoisotopic (exact) mass is 308 g/mol. The van der Waals surface area contributed by atoms with Crippen molar-refractivity contribution in [3.05, 3.63) is 57.6 Å². The van der Waals surface area contributed by atoms with Gasteiger partial charge in [-0.05, 0) is 54.2 Å². The van der Waals surface area contributed by atoms with Crippen LogP contribution < -0.4 is 11.5 Å². The molecule has 0 saturated heterocycles. The second-order valence-electron chi connectivity index (χ2n) is 4.95. The van der Waals surface area contributed by atoms with Crippen LogP contribution in [0.25, 0.3) is 0 Å². The van der Waals surface area contributed by atoms with Crippen LogP contribution in [0, 0.1) is 0 Å². The lowest BCUT2D eigenvalue weighted by Gasteiger charge is -2.17. The molecule has 1 unspecified atom stereocenters. The Morgan fingerprint density at radius 3 is 2.10 bits per heavy atom. The van der Waals surface area contributed by atoms with E-state index in [1.807, 2.05) is 36.4 Å². The first kappa shape index (κ1) is 15.0. The van der Waals surface area contributed by atoms with Crippen molar-refractivity contribution in [3.8, 4) is 0 Å². The minimum absolute atomic E-state index is 0.382. The Hall–Kier alpha value is -1.38. The molecule has 2 aromatic carbocycles. The van der Waals surface area contributed by atoms with E-state index in [0.717, 1.165) is 12.8 Å². The molecule has 2 aromatic rings. The van der Waals surface area contributed by atoms with E-state index in [1.54, 1.807) is 0 Å². The van der Waals surface area contributed by atoms with E-state index in [9.17, 15) is 0 Å². The van der Waals surface area contributed by atoms with E-state index >= 15 is 0 Å². The fourth-order valence-electron chi connectivity index (χ4n) is 2.28. The number of anilines is 2. The molecule has 106 valence electrons. The van der Waals surface area contributed by atoms with Crippen LogP contribution in [0.15, 0.2) is 36.4 Å². The summed E-state index contributed by atoms with van der Waals surface area (Å²) in [4.78, 5) is 0. The maximum Gasteiger partial charge on any atom is 0.0638 e. The molecule has 0 heterocycles. The van der Waals surface area contributed by atoms with Gasteiger partial charge in [0.2, 0.25) is 0 Å². The molecule has 0 radical (unpaired) electrons. The third-order valence-corrected chi connectivity index (χ3v) is 4.19. The van der Waals surface area contributed by atoms with Crippen molar-refractivity contribution >= 4 is 34.6 Å². The van der Waals surface area contributed by atoms with E-state index in [4.69, 9.17) is 34.7 Å². The summed E-state index contributed by atoms with van der Waals surface area (Å²) in [5, 5.41) is 1.21. The lowest BCUT2D eigenvalue weighted by Crippen LogP contribution is -2.03. The normalized spacial score (nSPS) is 12.3. The molecule has 4 heteroatoms. The maximum absolute atomic E-state index is 6.10. The Bertz CT molecular complexity index is 611. The summed E-state index contributed by atoms with van der Waals surface area (Å²) in [6.07, 6.45) is 1.92. The van der Waals surface area contributed by atoms with Gasteiger partial charge in [-0.25, -0.2) is 0 Å². The van der Waals surface area contributed by atoms with Crippen molar-refractivity contribution in [3.63, 3.8) is 0 Å². The highest BCUT2D eigenvalue weighted by molar-refractivity contribution is 6.33. The smallest absolute Gasteiger partial charge is 0.0638 e. The van der Waals surface area contributed by atoms with E-state index in [-0.39, 0.29) is 0 Å². The van der Waals surface area contributed by atoms with Gasteiger partial charge >= 0.3 is 0 Å². The third-order valence-electron chi connectivity index (χ3n) is 3.54. The molecular weight excluding hydrogens is 291 g/mol. The molecule has 0 spiro atoms. The molecule has 0 amide bonds. The molecule has 0 saturated carbocycles. The van der Waals surface area contributed by atoms with Crippen LogP contribution in [-0.4, -0.2) is 0 Å². The van der Waals surface area contributed by atoms with Crippen molar-refractivity contribution in [2.75, 3.05) is 11.5 Å². The molecule has 2 rings (SSSR count). The Morgan fingerprint density at radius 1 is 0.950 bits per heavy atom. The highest BCUT2D eigenvalue weighted by Crippen LogP contribution is 2.30. The summed E-state index contributed by atoms with van der Waals surface area (Å²) in [6, 6.07) is 11.6. The zero-order valence-corrected chi connectivity index (χ0v) is 12.9. The number of nitrogens with two attached hydrogens (primary N) is 2. The standard InChI is InChI=1S/C16H18Cl2N2/c1-2-11(12-4-6-16(20)14(18)9-12)7-10-3-5-15(19)13(17)8-10/h3-6,8-9,11H,2,7,19-20H2,1H3. The molecule has 2 nitrogen and oxygen atoms in total. The van der Waals surface area contributed by atoms with Crippen molar-refractivity contribution < 1.29 is 0 Å². The predicted octanol–water partition coefficient (Wildman–Crippen LogP) is 4.89. The van der Waals surface area contributed by atoms with Crippen LogP contribution in [-0.2, 0) is 6.42 Å². The first-order chi connectivity index (χ1) is 9.51. The Morgan fingerprint density at radius 2 is 1.55 bits per heavy atom. The summed E-state index contributed by atoms with van der Waals surface area (Å²) in [6.45, 7) is 2.16. The quantitative estimate of drug-likeness (QED) is 0.790. The first-order valence-electron chi connectivity index (χ1n) is 6.60. The minimum Gasteiger partial charge on any atom is -0.398 e. The number of halogens is 2. The zero-order valence-electron chi connectivity index (χ0n) is 11.4. The second-order valence-corrected chi connectivity index (χ2v) is 5.76. The van der Waals surface area contributed by atoms with E-state index < -0.39 is 0 Å². The Labute approximate surface area is 129 Å². The third kappa shape index (κ3) is 3.38. The lowest BCUT2D eigenvalue weighted by atomic mass is 9.90. The largest absolute Gasteiger partial charge is 0.398 e. The molecular formula is C16H18Cl2N2. The predicted molar refractivity (Wildman–Crippen MR) is 88.5 cm³/mol. The summed E-state index contributed by atoms with van der Waals surface area (Å²) in [5.74, 6) is 0.382. The van der Waals surface area contributed by atoms with Gasteiger partial charge in [-0.2, -0.15) is 0 Å². The molecule has 20 heavy (non-hydrogen) atoms. The van der Waals surface area contributed by atoms with Gasteiger partial charge in [-0.1, -0.05) is 42.3 Å². The Balaban J connectivity index is 2.23. The molecule has 0 bridgehead atoms. The molecule has 0 aliphatic heterocycles. The van der Waals surface area contributed by atoms with Gasteiger partial charge in [-0.3, -0.25) is 0 Å². The number of hydrogen-bond acceptors (Lipinski definition) is 2. The number of benzene rings is 2. The lowest BCUT2D eigenvalue weighted by molar-refractivity contribution is 0.660. The van der Waals surface area contributed by atoms with Crippen molar-refractivity contribution in [2.45, 2.75) is 25.7 Å². The Kier molecular flexibility index (Phi) is 4.79. The zero-order chi connectivity index (χ0) is 14.7. The molecule has 1 atom stereocenters. The molecule has 0 aromatic heterocycles. The van der Waals surface area contributed by atoms with Crippen LogP contribution in [0.1, 0.15) is 30.4 Å². The van der Waals surface area contributed by atoms with Gasteiger partial charge < -0.3 is 11.5 Å². The SMILES string of the molecule is CCC(Cc1ccc(N)c(Cl)c1)c1ccc(N)c(Cl)c1. The highest BCUT2D eigenvalue weighted by atomic mass is 35.5. The topological polar surface area (TPSA) is 52.0 Å². The van der Waals surface area contributed by atoms with Gasteiger partial charge in [0.15, 0.2) is 0 Å². The summed E-state index contributed by atoms with van der Waals surface area (Å²) in [5.41, 5.74) is 15.1. The summed E-state index contributed by atoms with van der Waals surface area (Å²) >= 11 is 12.2. The maximum atomic E-state index is 6.10. The molecule has 0 fully saturated rings. The van der Waals surface area contributed by atoms with Crippen LogP contribution in [0.3, 0.4) is 0 Å². The van der Waals surface area contributed by atoms with Crippen molar-refractivity contribution in [2.24, 2.45) is 0 Å². The second kappa shape index (κ2) is 6.38. The average molecular weight is 309 g/mol. The van der Waals surface area contributed by atoms with E-state index in [0.29, 0.717) is 27.3 Å². The highest BCUT2D eigenvalue weighted by Gasteiger charge is 2.12. The van der Waals surface area contributed by atoms with Crippen LogP contribution in [0.5, 0.6) is 0 Å². The molecule has 0 aliphatic carbocycles. The number of nitrogen functional groups attached to an aromatic ring is 2. The van der Waals surface area contributed by atoms with Gasteiger partial charge in [0.05, 0.1) is 21.4 Å². The van der Waals surface area contributed by atoms with Crippen molar-refractivity contribution in [1.29, 1.82) is 0 Å². The van der Waals surface area contributed by atoms with E-state index in [2.05, 4.69) is 6.92 Å². The summed E-state index contributed by atoms with van der Waals surface area (Å²) < 4.78 is 0. The number of rotatable bonds is 4. The molecule has 0 aliphatic rings. The van der Waals surface area contributed by atoms with Gasteiger partial charge in [0.1, 0.15) is 0 Å². The van der Waals surface area contributed by atoms with Crippen LogP contribution >= 0.6 is 23.2 Å².